The summed E-state index contributed by atoms with van der Waals surface area (Å²) in [7, 11) is 0. The van der Waals surface area contributed by atoms with E-state index in [0.717, 1.165) is 154 Å². The summed E-state index contributed by atoms with van der Waals surface area (Å²) in [5.41, 5.74) is 11.3. The van der Waals surface area contributed by atoms with Gasteiger partial charge in [-0.2, -0.15) is 35.0 Å². The molecule has 12 heterocycles. The number of pyridine rings is 4. The van der Waals surface area contributed by atoms with Crippen molar-refractivity contribution in [1.29, 1.82) is 0 Å². The number of ether oxygens (including phenoxy) is 4. The molecule has 0 bridgehead atoms. The molecule has 0 saturated heterocycles. The largest absolute Gasteiger partial charge is 2.00 e. The van der Waals surface area contributed by atoms with E-state index >= 15 is 0 Å². The van der Waals surface area contributed by atoms with Gasteiger partial charge in [-0.05, 0) is 144 Å². The molecular weight excluding hydrogens is 1670 g/mol. The SMILES string of the molecule is [Pd+2].[Pd+2].[c-]1c(Oc2[c-]c3c(cc2)c2ccccc2n3-c2ccccn2)ccc2c3ccc(Oc4[c-]c5c(cc4)c4ccccc4n5-c4ccccn4)[c-]c3n(-c3ncccn3)c12.c1ccc(-n2c3ccccc3c3ccc(Oc4ccc5c6ccc(Oc7ccc8c9ccccc9n(-c9ccccn9)c8c7)cc6n(-c6ncccn6)c5c4)cc32)nc1. The summed E-state index contributed by atoms with van der Waals surface area (Å²) >= 11 is 0. The zero-order chi connectivity index (χ0) is 77.7. The molecule has 20 heteroatoms. The molecule has 24 rings (SSSR count). The maximum Gasteiger partial charge on any atom is 2.00 e. The summed E-state index contributed by atoms with van der Waals surface area (Å²) in [6.07, 6.45) is 14.2. The van der Waals surface area contributed by atoms with Crippen LogP contribution in [-0.2, 0) is 40.8 Å². The second kappa shape index (κ2) is 30.1. The predicted molar refractivity (Wildman–Crippen MR) is 463 cm³/mol. The quantitative estimate of drug-likeness (QED) is 0.0747. The molecule has 120 heavy (non-hydrogen) atoms. The number of hydrogen-bond donors (Lipinski definition) is 0. The molecule has 24 aromatic rings. The van der Waals surface area contributed by atoms with Gasteiger partial charge in [0, 0.05) is 140 Å². The van der Waals surface area contributed by atoms with E-state index in [1.54, 1.807) is 43.2 Å². The van der Waals surface area contributed by atoms with Gasteiger partial charge >= 0.3 is 40.8 Å². The number of benzene rings is 12. The molecule has 0 atom stereocenters. The Kier molecular flexibility index (Phi) is 18.2. The summed E-state index contributed by atoms with van der Waals surface area (Å²) in [6.45, 7) is 0. The Morgan fingerprint density at radius 2 is 0.425 bits per heavy atom. The summed E-state index contributed by atoms with van der Waals surface area (Å²) in [5, 5.41) is 12.9. The Morgan fingerprint density at radius 3 is 0.750 bits per heavy atom. The van der Waals surface area contributed by atoms with Crippen molar-refractivity contribution >= 4 is 131 Å². The van der Waals surface area contributed by atoms with Crippen LogP contribution in [0.25, 0.3) is 166 Å². The first-order valence-electron chi connectivity index (χ1n) is 38.4. The van der Waals surface area contributed by atoms with Crippen molar-refractivity contribution in [2.45, 2.75) is 0 Å². The molecule has 0 unspecified atom stereocenters. The second-order valence-electron chi connectivity index (χ2n) is 28.4. The topological polar surface area (TPSA) is 170 Å². The third-order valence-corrected chi connectivity index (χ3v) is 21.6. The number of fused-ring (bicyclic) bond motifs is 18. The smallest absolute Gasteiger partial charge is 0.509 e. The summed E-state index contributed by atoms with van der Waals surface area (Å²) in [5.74, 6) is 9.23. The average Bonchev–Trinajstić information content (AvgIpc) is 1.58. The fourth-order valence-electron chi connectivity index (χ4n) is 16.6. The Balaban J connectivity index is 0.000000146. The molecule has 0 aliphatic heterocycles. The van der Waals surface area contributed by atoms with Gasteiger partial charge in [0.2, 0.25) is 11.9 Å². The number of hydrogen-bond acceptors (Lipinski definition) is 12. The van der Waals surface area contributed by atoms with E-state index in [0.29, 0.717) is 57.9 Å². The summed E-state index contributed by atoms with van der Waals surface area (Å²) < 4.78 is 38.9. The first-order chi connectivity index (χ1) is 58.5. The monoisotopic (exact) mass is 1730 g/mol. The van der Waals surface area contributed by atoms with Crippen molar-refractivity contribution < 1.29 is 59.8 Å². The Morgan fingerprint density at radius 1 is 0.183 bits per heavy atom. The van der Waals surface area contributed by atoms with Gasteiger partial charge in [0.05, 0.1) is 33.1 Å². The Hall–Kier alpha value is -15.3. The minimum Gasteiger partial charge on any atom is -0.509 e. The normalized spacial score (nSPS) is 11.5. The first kappa shape index (κ1) is 72.4. The van der Waals surface area contributed by atoms with Crippen LogP contribution in [0.2, 0.25) is 0 Å². The van der Waals surface area contributed by atoms with Crippen LogP contribution in [0.3, 0.4) is 0 Å². The van der Waals surface area contributed by atoms with Gasteiger partial charge in [0.15, 0.2) is 0 Å². The summed E-state index contributed by atoms with van der Waals surface area (Å²) in [4.78, 5) is 37.3. The van der Waals surface area contributed by atoms with Crippen LogP contribution in [-0.4, -0.2) is 67.3 Å². The minimum absolute atomic E-state index is 0. The van der Waals surface area contributed by atoms with Crippen LogP contribution in [0.5, 0.6) is 46.0 Å². The molecule has 18 nitrogen and oxygen atoms in total. The molecule has 12 aromatic carbocycles. The van der Waals surface area contributed by atoms with E-state index in [1.807, 2.05) is 181 Å². The van der Waals surface area contributed by atoms with Crippen LogP contribution >= 0.6 is 0 Å². The third kappa shape index (κ3) is 12.4. The molecule has 572 valence electrons. The standard InChI is InChI=1S/C50H31N7O2.C50H27N7O2.2Pd/c2*1-3-12-42-36(10-1)38-20-16-32(28-44(38)55(42)48-14-5-7-24-51-48)58-34-18-22-40-41-23-19-35(31-47(41)57(46(40)30-34)50-53-26-9-27-54-50)59-33-17-21-39-37-11-2-4-13-43(37)56(45(39)29-33)49-15-6-8-25-52-49;;/h1-31H;1-27H;;/q;-4;2*+2. The van der Waals surface area contributed by atoms with Crippen LogP contribution in [0, 0.1) is 24.3 Å². The Labute approximate surface area is 711 Å². The zero-order valence-corrected chi connectivity index (χ0v) is 66.1. The maximum absolute atomic E-state index is 6.65. The summed E-state index contributed by atoms with van der Waals surface area (Å²) in [6, 6.07) is 115. The third-order valence-electron chi connectivity index (χ3n) is 21.6. The van der Waals surface area contributed by atoms with Gasteiger partial charge in [-0.1, -0.05) is 119 Å². The van der Waals surface area contributed by atoms with Crippen molar-refractivity contribution in [1.82, 2.24) is 67.3 Å². The van der Waals surface area contributed by atoms with Crippen LogP contribution < -0.4 is 18.9 Å². The molecule has 12 aromatic heterocycles. The number of para-hydroxylation sites is 4. The van der Waals surface area contributed by atoms with E-state index in [1.165, 1.54) is 0 Å². The predicted octanol–water partition coefficient (Wildman–Crippen LogP) is 23.5. The maximum atomic E-state index is 6.65. The fourth-order valence-corrected chi connectivity index (χ4v) is 16.6. The Bertz CT molecular complexity index is 7170. The van der Waals surface area contributed by atoms with Crippen molar-refractivity contribution in [3.8, 4) is 81.2 Å². The molecule has 0 spiro atoms. The molecule has 0 radical (unpaired) electrons. The van der Waals surface area contributed by atoms with E-state index < -0.39 is 0 Å². The van der Waals surface area contributed by atoms with Gasteiger partial charge in [-0.3, -0.25) is 13.7 Å². The second-order valence-corrected chi connectivity index (χ2v) is 28.4. The van der Waals surface area contributed by atoms with E-state index in [9.17, 15) is 0 Å². The van der Waals surface area contributed by atoms with Gasteiger partial charge < -0.3 is 32.6 Å². The molecule has 0 fully saturated rings. The van der Waals surface area contributed by atoms with Crippen molar-refractivity contribution in [2.75, 3.05) is 0 Å². The van der Waals surface area contributed by atoms with Gasteiger partial charge in [0.25, 0.3) is 0 Å². The fraction of sp³-hybridized carbons (Fsp3) is 0. The molecule has 0 aliphatic carbocycles. The average molecular weight is 1730 g/mol. The number of nitrogens with zero attached hydrogens (tertiary/aromatic N) is 14. The zero-order valence-electron chi connectivity index (χ0n) is 63.0. The van der Waals surface area contributed by atoms with Crippen LogP contribution in [0.4, 0.5) is 0 Å². The van der Waals surface area contributed by atoms with Crippen molar-refractivity contribution in [2.24, 2.45) is 0 Å². The number of rotatable bonds is 14. The molecule has 0 saturated carbocycles. The molecular formula is C100H58N14O4Pd2. The molecule has 0 N–H and O–H groups in total. The molecule has 0 aliphatic rings. The van der Waals surface area contributed by atoms with E-state index in [2.05, 4.69) is 220 Å². The number of aromatic nitrogens is 14. The van der Waals surface area contributed by atoms with Gasteiger partial charge in [0.1, 0.15) is 46.3 Å². The van der Waals surface area contributed by atoms with Crippen LogP contribution in [0.1, 0.15) is 0 Å². The van der Waals surface area contributed by atoms with Crippen molar-refractivity contribution in [3.05, 3.63) is 377 Å². The van der Waals surface area contributed by atoms with Gasteiger partial charge in [-0.15, -0.1) is 59.3 Å². The van der Waals surface area contributed by atoms with E-state index in [-0.39, 0.29) is 40.8 Å². The van der Waals surface area contributed by atoms with E-state index in [4.69, 9.17) is 18.9 Å². The molecule has 0 amide bonds. The van der Waals surface area contributed by atoms with Crippen LogP contribution in [0.15, 0.2) is 353 Å². The minimum atomic E-state index is 0. The van der Waals surface area contributed by atoms with Crippen molar-refractivity contribution in [3.63, 3.8) is 0 Å². The first-order valence-corrected chi connectivity index (χ1v) is 38.4. The van der Waals surface area contributed by atoms with Gasteiger partial charge in [-0.25, -0.2) is 39.9 Å².